The van der Waals surface area contributed by atoms with Crippen molar-refractivity contribution in [3.63, 3.8) is 0 Å². The molecule has 2 aromatic heterocycles. The number of imidazole rings is 1. The van der Waals surface area contributed by atoms with Crippen LogP contribution in [0, 0.1) is 18.8 Å². The summed E-state index contributed by atoms with van der Waals surface area (Å²) in [7, 11) is 0. The molecule has 2 heterocycles. The fourth-order valence-corrected chi connectivity index (χ4v) is 2.63. The van der Waals surface area contributed by atoms with E-state index in [9.17, 15) is 4.79 Å². The second kappa shape index (κ2) is 6.89. The van der Waals surface area contributed by atoms with Crippen molar-refractivity contribution >= 4 is 17.2 Å². The van der Waals surface area contributed by atoms with Crippen molar-refractivity contribution in [3.05, 3.63) is 39.6 Å². The minimum Gasteiger partial charge on any atom is -0.351 e. The van der Waals surface area contributed by atoms with Crippen LogP contribution in [-0.2, 0) is 6.42 Å². The van der Waals surface area contributed by atoms with E-state index in [1.54, 1.807) is 12.4 Å². The Labute approximate surface area is 121 Å². The first kappa shape index (κ1) is 14.3. The summed E-state index contributed by atoms with van der Waals surface area (Å²) in [6, 6.07) is 1.85. The van der Waals surface area contributed by atoms with Crippen LogP contribution in [0.15, 0.2) is 18.5 Å². The summed E-state index contributed by atoms with van der Waals surface area (Å²) >= 11 is 1.39. The van der Waals surface area contributed by atoms with Gasteiger partial charge in [0.15, 0.2) is 0 Å². The van der Waals surface area contributed by atoms with Gasteiger partial charge in [-0.1, -0.05) is 11.8 Å². The maximum Gasteiger partial charge on any atom is 0.261 e. The molecule has 0 spiro atoms. The van der Waals surface area contributed by atoms with Crippen LogP contribution >= 0.6 is 11.3 Å². The molecule has 20 heavy (non-hydrogen) atoms. The van der Waals surface area contributed by atoms with Crippen LogP contribution in [0.2, 0.25) is 0 Å². The zero-order chi connectivity index (χ0) is 14.4. The van der Waals surface area contributed by atoms with Crippen molar-refractivity contribution in [2.45, 2.75) is 13.3 Å². The highest BCUT2D eigenvalue weighted by atomic mass is 32.1. The lowest BCUT2D eigenvalue weighted by atomic mass is 10.2. The van der Waals surface area contributed by atoms with Crippen molar-refractivity contribution in [2.24, 2.45) is 5.73 Å². The van der Waals surface area contributed by atoms with Gasteiger partial charge in [-0.2, -0.15) is 0 Å². The van der Waals surface area contributed by atoms with E-state index in [0.29, 0.717) is 24.4 Å². The molecule has 0 aliphatic heterocycles. The van der Waals surface area contributed by atoms with Crippen molar-refractivity contribution in [1.82, 2.24) is 15.3 Å². The number of carbonyl (C=O) groups excluding carboxylic acids is 1. The van der Waals surface area contributed by atoms with Crippen LogP contribution in [0.3, 0.4) is 0 Å². The smallest absolute Gasteiger partial charge is 0.261 e. The predicted molar refractivity (Wildman–Crippen MR) is 79.6 cm³/mol. The third kappa shape index (κ3) is 3.70. The van der Waals surface area contributed by atoms with Crippen LogP contribution in [-0.4, -0.2) is 29.0 Å². The number of nitrogens with zero attached hydrogens (tertiary/aromatic N) is 1. The first-order valence-corrected chi connectivity index (χ1v) is 7.08. The van der Waals surface area contributed by atoms with Gasteiger partial charge >= 0.3 is 0 Å². The van der Waals surface area contributed by atoms with Gasteiger partial charge < -0.3 is 16.0 Å². The first-order valence-electron chi connectivity index (χ1n) is 6.26. The number of carbonyl (C=O) groups is 1. The van der Waals surface area contributed by atoms with E-state index >= 15 is 0 Å². The van der Waals surface area contributed by atoms with E-state index in [2.05, 4.69) is 27.1 Å². The summed E-state index contributed by atoms with van der Waals surface area (Å²) in [5, 5.41) is 2.87. The largest absolute Gasteiger partial charge is 0.351 e. The average Bonchev–Trinajstić information content (AvgIpc) is 3.06. The minimum absolute atomic E-state index is 0.0783. The molecule has 0 aliphatic carbocycles. The Bertz CT molecular complexity index is 634. The van der Waals surface area contributed by atoms with Gasteiger partial charge in [0.25, 0.3) is 5.91 Å². The lowest BCUT2D eigenvalue weighted by Crippen LogP contribution is -2.25. The van der Waals surface area contributed by atoms with E-state index in [4.69, 9.17) is 5.73 Å². The first-order chi connectivity index (χ1) is 9.70. The molecule has 0 unspecified atom stereocenters. The van der Waals surface area contributed by atoms with E-state index in [1.165, 1.54) is 11.3 Å². The molecule has 0 radical (unpaired) electrons. The molecule has 6 heteroatoms. The molecule has 0 bridgehead atoms. The standard InChI is InChI=1S/C14H16N4OS/c1-10-9-12(20-11(10)3-2-5-15)14(19)18-6-4-13-16-7-8-17-13/h7-9H,4-6,15H2,1H3,(H,16,17)(H,18,19). The van der Waals surface area contributed by atoms with Crippen LogP contribution in [0.1, 0.15) is 25.9 Å². The number of aromatic nitrogens is 2. The van der Waals surface area contributed by atoms with Crippen molar-refractivity contribution in [1.29, 1.82) is 0 Å². The lowest BCUT2D eigenvalue weighted by Gasteiger charge is -2.01. The highest BCUT2D eigenvalue weighted by Crippen LogP contribution is 2.20. The second-order valence-corrected chi connectivity index (χ2v) is 5.22. The normalized spacial score (nSPS) is 9.90. The van der Waals surface area contributed by atoms with Crippen LogP contribution < -0.4 is 11.1 Å². The van der Waals surface area contributed by atoms with Gasteiger partial charge in [-0.25, -0.2) is 4.98 Å². The number of H-pyrrole nitrogens is 1. The van der Waals surface area contributed by atoms with E-state index in [1.807, 2.05) is 13.0 Å². The fourth-order valence-electron chi connectivity index (χ4n) is 1.67. The molecule has 2 rings (SSSR count). The van der Waals surface area contributed by atoms with Gasteiger partial charge in [-0.3, -0.25) is 4.79 Å². The number of amides is 1. The molecular formula is C14H16N4OS. The molecule has 0 saturated carbocycles. The summed E-state index contributed by atoms with van der Waals surface area (Å²) in [5.74, 6) is 6.56. The third-order valence-corrected chi connectivity index (χ3v) is 3.80. The highest BCUT2D eigenvalue weighted by Gasteiger charge is 2.11. The summed E-state index contributed by atoms with van der Waals surface area (Å²) < 4.78 is 0. The Hall–Kier alpha value is -2.10. The zero-order valence-corrected chi connectivity index (χ0v) is 12.0. The van der Waals surface area contributed by atoms with Crippen LogP contribution in [0.4, 0.5) is 0 Å². The van der Waals surface area contributed by atoms with Crippen molar-refractivity contribution < 1.29 is 4.79 Å². The van der Waals surface area contributed by atoms with E-state index < -0.39 is 0 Å². The lowest BCUT2D eigenvalue weighted by molar-refractivity contribution is 0.0958. The number of rotatable bonds is 4. The van der Waals surface area contributed by atoms with Gasteiger partial charge in [0.2, 0.25) is 0 Å². The summed E-state index contributed by atoms with van der Waals surface area (Å²) in [5.41, 5.74) is 6.35. The molecule has 5 nitrogen and oxygen atoms in total. The molecule has 104 valence electrons. The Kier molecular flexibility index (Phi) is 4.93. The Morgan fingerprint density at radius 1 is 1.60 bits per heavy atom. The van der Waals surface area contributed by atoms with Gasteiger partial charge in [0.1, 0.15) is 5.82 Å². The molecular weight excluding hydrogens is 272 g/mol. The summed E-state index contributed by atoms with van der Waals surface area (Å²) in [6.07, 6.45) is 4.15. The number of thiophene rings is 1. The van der Waals surface area contributed by atoms with E-state index in [-0.39, 0.29) is 5.91 Å². The van der Waals surface area contributed by atoms with Gasteiger partial charge in [-0.15, -0.1) is 11.3 Å². The molecule has 0 aromatic carbocycles. The highest BCUT2D eigenvalue weighted by molar-refractivity contribution is 7.14. The topological polar surface area (TPSA) is 83.8 Å². The number of nitrogens with two attached hydrogens (primary N) is 1. The third-order valence-electron chi connectivity index (χ3n) is 2.65. The summed E-state index contributed by atoms with van der Waals surface area (Å²) in [6.45, 7) is 2.81. The Morgan fingerprint density at radius 2 is 2.45 bits per heavy atom. The molecule has 0 saturated heterocycles. The molecule has 4 N–H and O–H groups in total. The van der Waals surface area contributed by atoms with E-state index in [0.717, 1.165) is 16.3 Å². The van der Waals surface area contributed by atoms with Gasteiger partial charge in [-0.05, 0) is 18.6 Å². The molecule has 1 amide bonds. The van der Waals surface area contributed by atoms with Crippen molar-refractivity contribution in [2.75, 3.05) is 13.1 Å². The Balaban J connectivity index is 1.92. The monoisotopic (exact) mass is 288 g/mol. The minimum atomic E-state index is -0.0783. The van der Waals surface area contributed by atoms with Crippen molar-refractivity contribution in [3.8, 4) is 11.8 Å². The Morgan fingerprint density at radius 3 is 3.15 bits per heavy atom. The quantitative estimate of drug-likeness (QED) is 0.736. The molecule has 0 fully saturated rings. The van der Waals surface area contributed by atoms with Crippen LogP contribution in [0.5, 0.6) is 0 Å². The SMILES string of the molecule is Cc1cc(C(=O)NCCc2ncc[nH]2)sc1C#CCN. The number of aryl methyl sites for hydroxylation is 1. The maximum atomic E-state index is 12.0. The van der Waals surface area contributed by atoms with Gasteiger partial charge in [0, 0.05) is 25.4 Å². The zero-order valence-electron chi connectivity index (χ0n) is 11.2. The number of hydrogen-bond donors (Lipinski definition) is 3. The average molecular weight is 288 g/mol. The van der Waals surface area contributed by atoms with Crippen LogP contribution in [0.25, 0.3) is 0 Å². The number of nitrogens with one attached hydrogen (secondary N) is 2. The summed E-state index contributed by atoms with van der Waals surface area (Å²) in [4.78, 5) is 20.7. The number of aromatic amines is 1. The fraction of sp³-hybridized carbons (Fsp3) is 0.286. The maximum absolute atomic E-state index is 12.0. The molecule has 0 atom stereocenters. The predicted octanol–water partition coefficient (Wildman–Crippen LogP) is 1.06. The molecule has 2 aromatic rings. The molecule has 0 aliphatic rings. The second-order valence-electron chi connectivity index (χ2n) is 4.17. The van der Waals surface area contributed by atoms with Gasteiger partial charge in [0.05, 0.1) is 16.3 Å². The number of hydrogen-bond acceptors (Lipinski definition) is 4.